The molecule has 1 aromatic rings. The smallest absolute Gasteiger partial charge is 0.354 e. The van der Waals surface area contributed by atoms with Crippen LogP contribution in [-0.2, 0) is 11.3 Å². The second-order valence-electron chi connectivity index (χ2n) is 5.07. The maximum Gasteiger partial charge on any atom is 0.405 e. The number of nitrogens with one attached hydrogen (secondary N) is 1. The molecule has 0 aliphatic carbocycles. The van der Waals surface area contributed by atoms with Crippen molar-refractivity contribution < 1.29 is 18.0 Å². The van der Waals surface area contributed by atoms with Crippen molar-refractivity contribution in [1.29, 1.82) is 0 Å². The van der Waals surface area contributed by atoms with E-state index in [2.05, 4.69) is 5.32 Å². The van der Waals surface area contributed by atoms with E-state index in [4.69, 9.17) is 0 Å². The number of hydrogen-bond donors (Lipinski definition) is 1. The van der Waals surface area contributed by atoms with Crippen LogP contribution in [0.2, 0.25) is 0 Å². The second kappa shape index (κ2) is 5.83. The third kappa shape index (κ3) is 3.72. The molecule has 110 valence electrons. The normalized spacial score (nSPS) is 21.4. The SMILES string of the molecule is Cc1ccc(CN2CCC(=O)NCC2C(F)(F)F)cc1. The van der Waals surface area contributed by atoms with E-state index in [9.17, 15) is 18.0 Å². The van der Waals surface area contributed by atoms with E-state index in [1.165, 1.54) is 4.90 Å². The van der Waals surface area contributed by atoms with E-state index < -0.39 is 12.2 Å². The number of hydrogen-bond acceptors (Lipinski definition) is 2. The number of alkyl halides is 3. The van der Waals surface area contributed by atoms with Crippen molar-refractivity contribution in [1.82, 2.24) is 10.2 Å². The van der Waals surface area contributed by atoms with Crippen LogP contribution in [-0.4, -0.2) is 36.1 Å². The molecule has 0 spiro atoms. The van der Waals surface area contributed by atoms with Crippen molar-refractivity contribution >= 4 is 5.91 Å². The maximum atomic E-state index is 13.1. The summed E-state index contributed by atoms with van der Waals surface area (Å²) in [5.74, 6) is -0.328. The number of amides is 1. The molecule has 1 N–H and O–H groups in total. The molecule has 1 unspecified atom stereocenters. The summed E-state index contributed by atoms with van der Waals surface area (Å²) in [5.41, 5.74) is 1.88. The molecule has 3 nitrogen and oxygen atoms in total. The summed E-state index contributed by atoms with van der Waals surface area (Å²) in [5, 5.41) is 2.33. The third-order valence-corrected chi connectivity index (χ3v) is 3.44. The standard InChI is InChI=1S/C14H17F3N2O/c1-10-2-4-11(5-3-10)9-19-7-6-13(20)18-8-12(19)14(15,16)17/h2-5,12H,6-9H2,1H3,(H,18,20). The van der Waals surface area contributed by atoms with Gasteiger partial charge in [0.05, 0.1) is 0 Å². The molecular formula is C14H17F3N2O. The van der Waals surface area contributed by atoms with Crippen LogP contribution in [0.1, 0.15) is 17.5 Å². The molecule has 1 fully saturated rings. The Morgan fingerprint density at radius 3 is 2.55 bits per heavy atom. The molecule has 2 rings (SSSR count). The Morgan fingerprint density at radius 1 is 1.30 bits per heavy atom. The Bertz CT molecular complexity index is 470. The molecule has 0 aromatic heterocycles. The van der Waals surface area contributed by atoms with Crippen LogP contribution < -0.4 is 5.32 Å². The zero-order valence-electron chi connectivity index (χ0n) is 11.2. The van der Waals surface area contributed by atoms with Gasteiger partial charge in [-0.2, -0.15) is 13.2 Å². The van der Waals surface area contributed by atoms with Gasteiger partial charge in [-0.25, -0.2) is 0 Å². The van der Waals surface area contributed by atoms with Crippen molar-refractivity contribution in [3.63, 3.8) is 0 Å². The number of carbonyl (C=O) groups is 1. The van der Waals surface area contributed by atoms with Crippen molar-refractivity contribution in [2.24, 2.45) is 0 Å². The highest BCUT2D eigenvalue weighted by Gasteiger charge is 2.44. The summed E-state index contributed by atoms with van der Waals surface area (Å²) < 4.78 is 39.2. The first kappa shape index (κ1) is 14.8. The van der Waals surface area contributed by atoms with Gasteiger partial charge in [-0.3, -0.25) is 9.69 Å². The van der Waals surface area contributed by atoms with Crippen molar-refractivity contribution in [2.45, 2.75) is 32.1 Å². The Balaban J connectivity index is 2.16. The summed E-state index contributed by atoms with van der Waals surface area (Å²) in [4.78, 5) is 12.6. The summed E-state index contributed by atoms with van der Waals surface area (Å²) >= 11 is 0. The number of aryl methyl sites for hydroxylation is 1. The van der Waals surface area contributed by atoms with Gasteiger partial charge in [0.2, 0.25) is 5.91 Å². The number of nitrogens with zero attached hydrogens (tertiary/aromatic N) is 1. The van der Waals surface area contributed by atoms with Gasteiger partial charge >= 0.3 is 6.18 Å². The van der Waals surface area contributed by atoms with Crippen molar-refractivity contribution in [2.75, 3.05) is 13.1 Å². The minimum absolute atomic E-state index is 0.0957. The van der Waals surface area contributed by atoms with Crippen LogP contribution in [0, 0.1) is 6.92 Å². The molecule has 1 atom stereocenters. The summed E-state index contributed by atoms with van der Waals surface area (Å²) in [6.07, 6.45) is -4.25. The van der Waals surface area contributed by atoms with Crippen LogP contribution in [0.25, 0.3) is 0 Å². The van der Waals surface area contributed by atoms with Crippen LogP contribution >= 0.6 is 0 Å². The second-order valence-corrected chi connectivity index (χ2v) is 5.07. The number of rotatable bonds is 2. The Hall–Kier alpha value is -1.56. The minimum atomic E-state index is -4.34. The molecule has 1 aliphatic heterocycles. The highest BCUT2D eigenvalue weighted by molar-refractivity contribution is 5.76. The number of benzene rings is 1. The third-order valence-electron chi connectivity index (χ3n) is 3.44. The fraction of sp³-hybridized carbons (Fsp3) is 0.500. The topological polar surface area (TPSA) is 32.3 Å². The zero-order chi connectivity index (χ0) is 14.8. The van der Waals surface area contributed by atoms with Gasteiger partial charge in [0.1, 0.15) is 6.04 Å². The molecule has 0 saturated carbocycles. The van der Waals surface area contributed by atoms with E-state index in [1.54, 1.807) is 0 Å². The first-order chi connectivity index (χ1) is 9.36. The van der Waals surface area contributed by atoms with Gasteiger partial charge in [0.15, 0.2) is 0 Å². The molecule has 1 aliphatic rings. The van der Waals surface area contributed by atoms with Gasteiger partial charge < -0.3 is 5.32 Å². The van der Waals surface area contributed by atoms with Gasteiger partial charge in [-0.1, -0.05) is 29.8 Å². The van der Waals surface area contributed by atoms with E-state index in [-0.39, 0.29) is 32.0 Å². The largest absolute Gasteiger partial charge is 0.405 e. The highest BCUT2D eigenvalue weighted by Crippen LogP contribution is 2.27. The quantitative estimate of drug-likeness (QED) is 0.904. The lowest BCUT2D eigenvalue weighted by atomic mass is 10.1. The summed E-state index contributed by atoms with van der Waals surface area (Å²) in [6, 6.07) is 5.76. The van der Waals surface area contributed by atoms with Crippen LogP contribution in [0.4, 0.5) is 13.2 Å². The van der Waals surface area contributed by atoms with Gasteiger partial charge in [-0.05, 0) is 12.5 Å². The Morgan fingerprint density at radius 2 is 1.95 bits per heavy atom. The van der Waals surface area contributed by atoms with E-state index in [0.717, 1.165) is 11.1 Å². The number of carbonyl (C=O) groups excluding carboxylic acids is 1. The molecule has 1 amide bonds. The van der Waals surface area contributed by atoms with E-state index in [1.807, 2.05) is 31.2 Å². The summed E-state index contributed by atoms with van der Waals surface area (Å²) in [6.45, 7) is 1.86. The minimum Gasteiger partial charge on any atom is -0.354 e. The predicted octanol–water partition coefficient (Wildman–Crippen LogP) is 2.25. The molecule has 1 saturated heterocycles. The average molecular weight is 286 g/mol. The average Bonchev–Trinajstić information content (AvgIpc) is 2.54. The fourth-order valence-electron chi connectivity index (χ4n) is 2.27. The maximum absolute atomic E-state index is 13.1. The van der Waals surface area contributed by atoms with Crippen molar-refractivity contribution in [3.05, 3.63) is 35.4 Å². The van der Waals surface area contributed by atoms with Crippen LogP contribution in [0.15, 0.2) is 24.3 Å². The molecule has 1 aromatic carbocycles. The fourth-order valence-corrected chi connectivity index (χ4v) is 2.27. The van der Waals surface area contributed by atoms with Crippen molar-refractivity contribution in [3.8, 4) is 0 Å². The lowest BCUT2D eigenvalue weighted by molar-refractivity contribution is -0.182. The molecule has 0 bridgehead atoms. The van der Waals surface area contributed by atoms with Gasteiger partial charge in [0, 0.05) is 26.1 Å². The highest BCUT2D eigenvalue weighted by atomic mass is 19.4. The Kier molecular flexibility index (Phi) is 4.32. The summed E-state index contributed by atoms with van der Waals surface area (Å²) in [7, 11) is 0. The lowest BCUT2D eigenvalue weighted by Crippen LogP contribution is -2.49. The first-order valence-corrected chi connectivity index (χ1v) is 6.49. The molecule has 6 heteroatoms. The zero-order valence-corrected chi connectivity index (χ0v) is 11.2. The Labute approximate surface area is 115 Å². The first-order valence-electron chi connectivity index (χ1n) is 6.49. The monoisotopic (exact) mass is 286 g/mol. The molecule has 1 heterocycles. The molecular weight excluding hydrogens is 269 g/mol. The predicted molar refractivity (Wildman–Crippen MR) is 69.1 cm³/mol. The molecule has 20 heavy (non-hydrogen) atoms. The van der Waals surface area contributed by atoms with Gasteiger partial charge in [0.25, 0.3) is 0 Å². The number of halogens is 3. The van der Waals surface area contributed by atoms with Crippen LogP contribution in [0.3, 0.4) is 0 Å². The van der Waals surface area contributed by atoms with E-state index >= 15 is 0 Å². The molecule has 0 radical (unpaired) electrons. The van der Waals surface area contributed by atoms with Crippen LogP contribution in [0.5, 0.6) is 0 Å². The van der Waals surface area contributed by atoms with Gasteiger partial charge in [-0.15, -0.1) is 0 Å². The van der Waals surface area contributed by atoms with E-state index in [0.29, 0.717) is 0 Å². The lowest BCUT2D eigenvalue weighted by Gasteiger charge is -2.30.